The first-order valence-electron chi connectivity index (χ1n) is 8.31. The maximum absolute atomic E-state index is 13.1. The summed E-state index contributed by atoms with van der Waals surface area (Å²) in [6, 6.07) is 22.3. The molecule has 25 heavy (non-hydrogen) atoms. The van der Waals surface area contributed by atoms with Gasteiger partial charge < -0.3 is 4.57 Å². The zero-order valence-electron chi connectivity index (χ0n) is 14.1. The van der Waals surface area contributed by atoms with Gasteiger partial charge >= 0.3 is 0 Å². The van der Waals surface area contributed by atoms with Gasteiger partial charge in [0.2, 0.25) is 0 Å². The predicted molar refractivity (Wildman–Crippen MR) is 102 cm³/mol. The maximum Gasteiger partial charge on any atom is 0.279 e. The van der Waals surface area contributed by atoms with Gasteiger partial charge in [-0.3, -0.25) is 9.48 Å². The van der Waals surface area contributed by atoms with Crippen LogP contribution >= 0.6 is 0 Å². The van der Waals surface area contributed by atoms with Crippen molar-refractivity contribution >= 4 is 32.7 Å². The van der Waals surface area contributed by atoms with Gasteiger partial charge in [-0.15, -0.1) is 0 Å². The van der Waals surface area contributed by atoms with Crippen molar-refractivity contribution in [3.63, 3.8) is 0 Å². The molecule has 0 amide bonds. The Morgan fingerprint density at radius 1 is 0.680 bits per heavy atom. The Morgan fingerprint density at radius 2 is 1.36 bits per heavy atom. The van der Waals surface area contributed by atoms with E-state index in [0.717, 1.165) is 22.1 Å². The Kier molecular flexibility index (Phi) is 2.74. The van der Waals surface area contributed by atoms with Crippen LogP contribution in [0.4, 0.5) is 0 Å². The normalized spacial score (nSPS) is 11.8. The number of aryl methyl sites for hydroxylation is 2. The second-order valence-corrected chi connectivity index (χ2v) is 6.44. The van der Waals surface area contributed by atoms with Crippen molar-refractivity contribution in [1.82, 2.24) is 13.9 Å². The van der Waals surface area contributed by atoms with Crippen LogP contribution in [0.2, 0.25) is 0 Å². The lowest BCUT2D eigenvalue weighted by molar-refractivity contribution is 0.666. The van der Waals surface area contributed by atoms with E-state index >= 15 is 0 Å². The standard InChI is InChI=1S/C21H17N3O/c1-22-18-11-7-6-10-15(18)16-12-20-17(13-19(16)22)21(25)24(23(20)2)14-8-4-3-5-9-14/h3-13H,1-2H3. The lowest BCUT2D eigenvalue weighted by atomic mass is 10.1. The lowest BCUT2D eigenvalue weighted by Crippen LogP contribution is -2.19. The molecule has 0 spiro atoms. The summed E-state index contributed by atoms with van der Waals surface area (Å²) in [6.45, 7) is 0. The van der Waals surface area contributed by atoms with E-state index in [1.54, 1.807) is 4.68 Å². The van der Waals surface area contributed by atoms with Crippen molar-refractivity contribution in [2.24, 2.45) is 14.1 Å². The monoisotopic (exact) mass is 327 g/mol. The molecule has 0 aliphatic heterocycles. The predicted octanol–water partition coefficient (Wildman–Crippen LogP) is 3.97. The van der Waals surface area contributed by atoms with Crippen LogP contribution in [0.25, 0.3) is 38.4 Å². The third-order valence-corrected chi connectivity index (χ3v) is 5.10. The first-order chi connectivity index (χ1) is 12.2. The zero-order valence-corrected chi connectivity index (χ0v) is 14.1. The Balaban J connectivity index is 1.96. The van der Waals surface area contributed by atoms with E-state index in [0.29, 0.717) is 0 Å². The average Bonchev–Trinajstić information content (AvgIpc) is 3.07. The van der Waals surface area contributed by atoms with Gasteiger partial charge in [-0.1, -0.05) is 36.4 Å². The summed E-state index contributed by atoms with van der Waals surface area (Å²) >= 11 is 0. The molecule has 0 fully saturated rings. The van der Waals surface area contributed by atoms with E-state index in [9.17, 15) is 4.79 Å². The minimum absolute atomic E-state index is 0.0101. The van der Waals surface area contributed by atoms with Crippen LogP contribution in [0.15, 0.2) is 71.5 Å². The van der Waals surface area contributed by atoms with Crippen molar-refractivity contribution in [3.05, 3.63) is 77.1 Å². The highest BCUT2D eigenvalue weighted by molar-refractivity contribution is 6.12. The van der Waals surface area contributed by atoms with Crippen LogP contribution in [-0.2, 0) is 14.1 Å². The fraction of sp³-hybridized carbons (Fsp3) is 0.0952. The van der Waals surface area contributed by atoms with E-state index in [1.807, 2.05) is 54.2 Å². The summed E-state index contributed by atoms with van der Waals surface area (Å²) in [5, 5.41) is 3.12. The minimum atomic E-state index is 0.0101. The van der Waals surface area contributed by atoms with Gasteiger partial charge in [0, 0.05) is 35.9 Å². The molecule has 122 valence electrons. The Bertz CT molecular complexity index is 1320. The molecule has 5 aromatic rings. The Morgan fingerprint density at radius 3 is 2.16 bits per heavy atom. The fourth-order valence-electron chi connectivity index (χ4n) is 3.85. The lowest BCUT2D eigenvalue weighted by Gasteiger charge is -2.07. The molecule has 4 heteroatoms. The molecule has 0 aliphatic rings. The first-order valence-corrected chi connectivity index (χ1v) is 8.31. The molecule has 0 saturated carbocycles. The van der Waals surface area contributed by atoms with E-state index in [2.05, 4.69) is 35.9 Å². The molecule has 0 atom stereocenters. The van der Waals surface area contributed by atoms with Crippen molar-refractivity contribution in [1.29, 1.82) is 0 Å². The molecule has 2 aromatic heterocycles. The van der Waals surface area contributed by atoms with Crippen molar-refractivity contribution in [3.8, 4) is 5.69 Å². The molecule has 4 nitrogen and oxygen atoms in total. The van der Waals surface area contributed by atoms with Crippen molar-refractivity contribution < 1.29 is 0 Å². The fourth-order valence-corrected chi connectivity index (χ4v) is 3.85. The highest BCUT2D eigenvalue weighted by Crippen LogP contribution is 2.31. The molecule has 0 radical (unpaired) electrons. The smallest absolute Gasteiger partial charge is 0.279 e. The third kappa shape index (κ3) is 1.79. The number of benzene rings is 3. The number of aromatic nitrogens is 3. The molecule has 0 saturated heterocycles. The highest BCUT2D eigenvalue weighted by Gasteiger charge is 2.16. The third-order valence-electron chi connectivity index (χ3n) is 5.10. The number of hydrogen-bond acceptors (Lipinski definition) is 1. The van der Waals surface area contributed by atoms with Gasteiger partial charge in [-0.2, -0.15) is 0 Å². The van der Waals surface area contributed by atoms with Crippen LogP contribution in [0.5, 0.6) is 0 Å². The SMILES string of the molecule is Cn1c2ccccc2c2cc3c(cc21)c(=O)n(-c1ccccc1)n3C. The van der Waals surface area contributed by atoms with Crippen LogP contribution in [0, 0.1) is 0 Å². The molecular formula is C21H17N3O. The van der Waals surface area contributed by atoms with Gasteiger partial charge in [0.1, 0.15) is 0 Å². The molecule has 3 aromatic carbocycles. The molecule has 0 N–H and O–H groups in total. The van der Waals surface area contributed by atoms with Gasteiger partial charge in [0.05, 0.1) is 16.6 Å². The van der Waals surface area contributed by atoms with Crippen molar-refractivity contribution in [2.75, 3.05) is 0 Å². The second-order valence-electron chi connectivity index (χ2n) is 6.44. The minimum Gasteiger partial charge on any atom is -0.344 e. The van der Waals surface area contributed by atoms with Crippen LogP contribution in [0.3, 0.4) is 0 Å². The number of hydrogen-bond donors (Lipinski definition) is 0. The number of nitrogens with zero attached hydrogens (tertiary/aromatic N) is 3. The number of para-hydroxylation sites is 2. The molecule has 2 heterocycles. The summed E-state index contributed by atoms with van der Waals surface area (Å²) in [6.07, 6.45) is 0. The topological polar surface area (TPSA) is 31.9 Å². The van der Waals surface area contributed by atoms with Gasteiger partial charge in [0.15, 0.2) is 0 Å². The second kappa shape index (κ2) is 4.86. The summed E-state index contributed by atoms with van der Waals surface area (Å²) in [7, 11) is 3.99. The summed E-state index contributed by atoms with van der Waals surface area (Å²) < 4.78 is 5.82. The van der Waals surface area contributed by atoms with Crippen molar-refractivity contribution in [2.45, 2.75) is 0 Å². The Hall–Kier alpha value is -3.27. The van der Waals surface area contributed by atoms with Gasteiger partial charge in [-0.25, -0.2) is 4.68 Å². The van der Waals surface area contributed by atoms with E-state index in [1.165, 1.54) is 16.3 Å². The molecule has 0 unspecified atom stereocenters. The van der Waals surface area contributed by atoms with Gasteiger partial charge in [0.25, 0.3) is 5.56 Å². The molecule has 5 rings (SSSR count). The largest absolute Gasteiger partial charge is 0.344 e. The maximum atomic E-state index is 13.1. The summed E-state index contributed by atoms with van der Waals surface area (Å²) in [5.41, 5.74) is 4.08. The summed E-state index contributed by atoms with van der Waals surface area (Å²) in [5.74, 6) is 0. The van der Waals surface area contributed by atoms with Gasteiger partial charge in [-0.05, 0) is 30.3 Å². The zero-order chi connectivity index (χ0) is 17.1. The quantitative estimate of drug-likeness (QED) is 0.458. The van der Waals surface area contributed by atoms with Crippen LogP contribution in [0.1, 0.15) is 0 Å². The van der Waals surface area contributed by atoms with E-state index in [-0.39, 0.29) is 5.56 Å². The summed E-state index contributed by atoms with van der Waals surface area (Å²) in [4.78, 5) is 13.1. The highest BCUT2D eigenvalue weighted by atomic mass is 16.1. The first kappa shape index (κ1) is 14.1. The van der Waals surface area contributed by atoms with E-state index < -0.39 is 0 Å². The number of rotatable bonds is 1. The van der Waals surface area contributed by atoms with Crippen LogP contribution < -0.4 is 5.56 Å². The average molecular weight is 327 g/mol. The molecule has 0 bridgehead atoms. The molecule has 0 aliphatic carbocycles. The van der Waals surface area contributed by atoms with E-state index in [4.69, 9.17) is 0 Å². The Labute approximate surface area is 144 Å². The number of fused-ring (bicyclic) bond motifs is 4. The van der Waals surface area contributed by atoms with Crippen LogP contribution in [-0.4, -0.2) is 13.9 Å². The molecular weight excluding hydrogens is 310 g/mol.